The Morgan fingerprint density at radius 3 is 2.53 bits per heavy atom. The number of ether oxygens (including phenoxy) is 1. The van der Waals surface area contributed by atoms with Gasteiger partial charge < -0.3 is 4.74 Å². The van der Waals surface area contributed by atoms with E-state index in [1.165, 1.54) is 0 Å². The Morgan fingerprint density at radius 1 is 1.47 bits per heavy atom. The molecule has 15 heavy (non-hydrogen) atoms. The molecule has 5 heteroatoms. The second-order valence-electron chi connectivity index (χ2n) is 2.46. The van der Waals surface area contributed by atoms with Crippen molar-refractivity contribution in [2.75, 3.05) is 0 Å². The van der Waals surface area contributed by atoms with Crippen molar-refractivity contribution >= 4 is 53.8 Å². The van der Waals surface area contributed by atoms with Crippen molar-refractivity contribution in [3.05, 3.63) is 37.7 Å². The molecule has 0 atom stereocenters. The van der Waals surface area contributed by atoms with Crippen LogP contribution < -0.4 is 4.74 Å². The first-order valence-electron chi connectivity index (χ1n) is 6.08. The zero-order chi connectivity index (χ0) is 15.7. The van der Waals surface area contributed by atoms with E-state index in [0.717, 1.165) is 0 Å². The molecule has 80 valence electrons. The molecule has 1 aromatic carbocycles. The first-order chi connectivity index (χ1) is 9.04. The second kappa shape index (κ2) is 5.27. The summed E-state index contributed by atoms with van der Waals surface area (Å²) in [5, 5.41) is 0. The Kier molecular flexibility index (Phi) is 2.55. The third-order valence-corrected chi connectivity index (χ3v) is 3.00. The zero-order valence-electron chi connectivity index (χ0n) is 12.1. The molecule has 0 aliphatic carbocycles. The molecule has 0 saturated heterocycles. The summed E-state index contributed by atoms with van der Waals surface area (Å²) >= 11 is 9.59. The molecule has 1 rings (SSSR count). The summed E-state index contributed by atoms with van der Waals surface area (Å²) in [4.78, 5) is 11.9. The van der Waals surface area contributed by atoms with Crippen LogP contribution in [0.1, 0.15) is 13.7 Å². The van der Waals surface area contributed by atoms with Gasteiger partial charge in [0.25, 0.3) is 0 Å². The van der Waals surface area contributed by atoms with Crippen LogP contribution in [-0.4, -0.2) is 5.97 Å². The van der Waals surface area contributed by atoms with E-state index in [4.69, 9.17) is 11.6 Å². The number of benzene rings is 1. The van der Waals surface area contributed by atoms with Gasteiger partial charge >= 0.3 is 5.97 Å². The predicted octanol–water partition coefficient (Wildman–Crippen LogP) is 4.46. The average Bonchev–Trinajstić information content (AvgIpc) is 2.20. The third-order valence-electron chi connectivity index (χ3n) is 1.36. The molecule has 0 heterocycles. The minimum Gasteiger partial charge on any atom is -0.421 e. The van der Waals surface area contributed by atoms with Gasteiger partial charge in [-0.25, -0.2) is 4.79 Å². The largest absolute Gasteiger partial charge is 0.421 e. The van der Waals surface area contributed by atoms with E-state index in [-0.39, 0.29) is 5.75 Å². The normalized spacial score (nSPS) is 15.3. The van der Waals surface area contributed by atoms with Crippen LogP contribution >= 0.6 is 47.8 Å². The Morgan fingerprint density at radius 2 is 2.07 bits per heavy atom. The van der Waals surface area contributed by atoms with Crippen molar-refractivity contribution < 1.29 is 16.4 Å². The van der Waals surface area contributed by atoms with Crippen molar-refractivity contribution in [3.63, 3.8) is 0 Å². The molecule has 2 nitrogen and oxygen atoms in total. The minimum atomic E-state index is -2.88. The lowest BCUT2D eigenvalue weighted by Gasteiger charge is -2.08. The number of halogens is 3. The summed E-state index contributed by atoms with van der Waals surface area (Å²) in [6.45, 7) is -3.98. The fourth-order valence-corrected chi connectivity index (χ4v) is 3.19. The van der Waals surface area contributed by atoms with Crippen LogP contribution in [0.25, 0.3) is 0 Å². The van der Waals surface area contributed by atoms with Crippen LogP contribution in [0.3, 0.4) is 0 Å². The molecule has 0 aromatic heterocycles. The van der Waals surface area contributed by atoms with Crippen LogP contribution in [0.4, 0.5) is 0 Å². The monoisotopic (exact) mass is 401 g/mol. The van der Waals surface area contributed by atoms with E-state index in [2.05, 4.69) is 47.8 Å². The van der Waals surface area contributed by atoms with Gasteiger partial charge in [-0.15, -0.1) is 0 Å². The number of hydrogen-bond donors (Lipinski definition) is 0. The second-order valence-corrected chi connectivity index (χ2v) is 5.09. The number of esters is 1. The lowest BCUT2D eigenvalue weighted by Crippen LogP contribution is -2.09. The van der Waals surface area contributed by atoms with Crippen LogP contribution in [0.2, 0.25) is 0 Å². The molecule has 0 fully saturated rings. The molecule has 0 saturated carbocycles. The maximum atomic E-state index is 11.9. The van der Waals surface area contributed by atoms with Gasteiger partial charge in [-0.3, -0.25) is 0 Å². The maximum Gasteiger partial charge on any atom is 0.338 e. The van der Waals surface area contributed by atoms with Crippen LogP contribution in [-0.2, 0) is 4.79 Å². The topological polar surface area (TPSA) is 26.3 Å². The molecule has 0 N–H and O–H groups in total. The summed E-state index contributed by atoms with van der Waals surface area (Å²) in [7, 11) is 0. The van der Waals surface area contributed by atoms with Crippen LogP contribution in [0.5, 0.6) is 5.75 Å². The van der Waals surface area contributed by atoms with Crippen molar-refractivity contribution in [3.8, 4) is 5.75 Å². The van der Waals surface area contributed by atoms with E-state index in [9.17, 15) is 4.79 Å². The van der Waals surface area contributed by atoms with Crippen molar-refractivity contribution in [1.82, 2.24) is 0 Å². The lowest BCUT2D eigenvalue weighted by atomic mass is 10.3. The highest BCUT2D eigenvalue weighted by Crippen LogP contribution is 2.36. The number of carbonyl (C=O) groups is 1. The van der Waals surface area contributed by atoms with Crippen LogP contribution in [0.15, 0.2) is 37.7 Å². The molecule has 0 aliphatic heterocycles. The number of carbonyl (C=O) groups excluding carboxylic acids is 1. The molecule has 0 spiro atoms. The zero-order valence-corrected chi connectivity index (χ0v) is 11.9. The van der Waals surface area contributed by atoms with Crippen LogP contribution in [0, 0.1) is 0 Å². The summed E-state index contributed by atoms with van der Waals surface area (Å²) in [5.74, 6) is -1.19. The summed E-state index contributed by atoms with van der Waals surface area (Å²) in [6, 6.07) is 3.21. The van der Waals surface area contributed by atoms with Gasteiger partial charge in [-0.2, -0.15) is 0 Å². The highest BCUT2D eigenvalue weighted by Gasteiger charge is 2.13. The van der Waals surface area contributed by atoms with E-state index in [0.29, 0.717) is 13.4 Å². The van der Waals surface area contributed by atoms with Gasteiger partial charge in [0.1, 0.15) is 0 Å². The van der Waals surface area contributed by atoms with Gasteiger partial charge in [0.05, 0.1) is 11.7 Å². The Balaban J connectivity index is 3.18. The lowest BCUT2D eigenvalue weighted by molar-refractivity contribution is -0.130. The van der Waals surface area contributed by atoms with Gasteiger partial charge in [0, 0.05) is 14.2 Å². The number of hydrogen-bond acceptors (Lipinski definition) is 2. The number of rotatable bonds is 2. The summed E-state index contributed by atoms with van der Waals surface area (Å²) in [6.07, 6.45) is 0. The van der Waals surface area contributed by atoms with Gasteiger partial charge in [-0.05, 0) is 50.8 Å². The van der Waals surface area contributed by atoms with E-state index in [1.54, 1.807) is 12.1 Å². The summed E-state index contributed by atoms with van der Waals surface area (Å²) in [5.41, 5.74) is -0.973. The van der Waals surface area contributed by atoms with E-state index < -0.39 is 24.9 Å². The smallest absolute Gasteiger partial charge is 0.338 e. The molecule has 0 bridgehead atoms. The van der Waals surface area contributed by atoms with Gasteiger partial charge in [0.15, 0.2) is 5.75 Å². The Labute approximate surface area is 120 Å². The average molecular weight is 404 g/mol. The van der Waals surface area contributed by atoms with E-state index >= 15 is 0 Å². The predicted molar refractivity (Wildman–Crippen MR) is 70.0 cm³/mol. The quantitative estimate of drug-likeness (QED) is 0.414. The molecule has 0 amide bonds. The molecule has 0 unspecified atom stereocenters. The standard InChI is InChI=1S/C10H7Br3O2/c1-5(2)10(14)15-9-7(12)3-6(11)4-8(9)13/h3-4H,1H2,2H3/i1D2,2D3. The SMILES string of the molecule is [2H]C([2H])=C(C(=O)Oc1c(Br)cc(Br)cc1Br)C([2H])([2H])[2H]. The van der Waals surface area contributed by atoms with Gasteiger partial charge in [0.2, 0.25) is 0 Å². The van der Waals surface area contributed by atoms with Crippen molar-refractivity contribution in [2.24, 2.45) is 0 Å². The Hall–Kier alpha value is -0.130. The molecule has 0 aliphatic rings. The first-order valence-corrected chi connectivity index (χ1v) is 5.96. The summed E-state index contributed by atoms with van der Waals surface area (Å²) < 4.78 is 42.2. The minimum absolute atomic E-state index is 0.0706. The third kappa shape index (κ3) is 3.43. The fraction of sp³-hybridized carbons (Fsp3) is 0.100. The van der Waals surface area contributed by atoms with Crippen molar-refractivity contribution in [2.45, 2.75) is 6.85 Å². The van der Waals surface area contributed by atoms with Crippen molar-refractivity contribution in [1.29, 1.82) is 0 Å². The highest BCUT2D eigenvalue weighted by molar-refractivity contribution is 9.11. The van der Waals surface area contributed by atoms with Gasteiger partial charge in [-0.1, -0.05) is 22.5 Å². The van der Waals surface area contributed by atoms with E-state index in [1.807, 2.05) is 0 Å². The molecule has 0 radical (unpaired) electrons. The molecular formula is C10H7Br3O2. The first kappa shape index (κ1) is 7.25. The Bertz CT molecular complexity index is 556. The fourth-order valence-electron chi connectivity index (χ4n) is 0.770. The molecular weight excluding hydrogens is 392 g/mol. The highest BCUT2D eigenvalue weighted by atomic mass is 79.9. The molecule has 1 aromatic rings. The maximum absolute atomic E-state index is 11.9.